The summed E-state index contributed by atoms with van der Waals surface area (Å²) < 4.78 is 5.59. The Labute approximate surface area is 144 Å². The van der Waals surface area contributed by atoms with Crippen molar-refractivity contribution in [2.24, 2.45) is 5.92 Å². The first-order chi connectivity index (χ1) is 11.7. The molecule has 126 valence electrons. The van der Waals surface area contributed by atoms with Gasteiger partial charge in [-0.1, -0.05) is 12.1 Å². The normalized spacial score (nSPS) is 17.1. The Kier molecular flexibility index (Phi) is 5.10. The van der Waals surface area contributed by atoms with Crippen LogP contribution in [-0.4, -0.2) is 29.9 Å². The summed E-state index contributed by atoms with van der Waals surface area (Å²) in [5, 5.41) is 4.75. The Morgan fingerprint density at radius 1 is 1.46 bits per heavy atom. The van der Waals surface area contributed by atoms with Crippen LogP contribution in [0.3, 0.4) is 0 Å². The van der Waals surface area contributed by atoms with Crippen LogP contribution in [0.5, 0.6) is 5.75 Å². The number of hydrogen-bond acceptors (Lipinski definition) is 5. The Morgan fingerprint density at radius 3 is 3.04 bits per heavy atom. The van der Waals surface area contributed by atoms with Gasteiger partial charge in [-0.2, -0.15) is 0 Å². The summed E-state index contributed by atoms with van der Waals surface area (Å²) >= 11 is 1.49. The minimum Gasteiger partial charge on any atom is -0.492 e. The van der Waals surface area contributed by atoms with E-state index in [1.54, 1.807) is 10.4 Å². The first-order valence-electron chi connectivity index (χ1n) is 7.86. The molecule has 2 heterocycles. The number of carbonyl (C=O) groups is 2. The van der Waals surface area contributed by atoms with E-state index in [4.69, 9.17) is 4.74 Å². The number of nitrogens with zero attached hydrogens (tertiary/aromatic N) is 2. The summed E-state index contributed by atoms with van der Waals surface area (Å²) in [5.41, 5.74) is 3.28. The number of para-hydroxylation sites is 2. The minimum absolute atomic E-state index is 0.0593. The molecule has 1 aliphatic rings. The van der Waals surface area contributed by atoms with Crippen LogP contribution < -0.4 is 15.0 Å². The largest absolute Gasteiger partial charge is 0.492 e. The lowest BCUT2D eigenvalue weighted by molar-refractivity contribution is -0.126. The molecule has 3 rings (SSSR count). The molecule has 0 radical (unpaired) electrons. The van der Waals surface area contributed by atoms with E-state index in [1.807, 2.05) is 36.6 Å². The summed E-state index contributed by atoms with van der Waals surface area (Å²) in [6, 6.07) is 7.41. The molecule has 1 aromatic carbocycles. The summed E-state index contributed by atoms with van der Waals surface area (Å²) in [5.74, 6) is 0.131. The van der Waals surface area contributed by atoms with Crippen molar-refractivity contribution < 1.29 is 14.3 Å². The van der Waals surface area contributed by atoms with Crippen LogP contribution in [-0.2, 0) is 16.1 Å². The van der Waals surface area contributed by atoms with Gasteiger partial charge in [-0.05, 0) is 19.1 Å². The smallest absolute Gasteiger partial charge is 0.227 e. The minimum atomic E-state index is -0.356. The van der Waals surface area contributed by atoms with Crippen molar-refractivity contribution >= 4 is 28.8 Å². The van der Waals surface area contributed by atoms with Crippen LogP contribution in [0.1, 0.15) is 19.0 Å². The van der Waals surface area contributed by atoms with Crippen molar-refractivity contribution in [2.45, 2.75) is 19.9 Å². The fourth-order valence-electron chi connectivity index (χ4n) is 2.72. The molecule has 1 saturated heterocycles. The topological polar surface area (TPSA) is 71.5 Å². The third-order valence-corrected chi connectivity index (χ3v) is 4.51. The van der Waals surface area contributed by atoms with Crippen molar-refractivity contribution in [3.63, 3.8) is 0 Å². The number of nitrogens with one attached hydrogen (secondary N) is 1. The molecule has 7 heteroatoms. The molecule has 0 bridgehead atoms. The number of hydrogen-bond donors (Lipinski definition) is 1. The average molecular weight is 345 g/mol. The zero-order chi connectivity index (χ0) is 16.9. The molecule has 1 aromatic heterocycles. The highest BCUT2D eigenvalue weighted by Crippen LogP contribution is 2.33. The summed E-state index contributed by atoms with van der Waals surface area (Å²) in [4.78, 5) is 30.5. The molecule has 0 spiro atoms. The fraction of sp³-hybridized carbons (Fsp3) is 0.353. The first-order valence-corrected chi connectivity index (χ1v) is 8.80. The van der Waals surface area contributed by atoms with E-state index in [0.717, 1.165) is 11.4 Å². The highest BCUT2D eigenvalue weighted by atomic mass is 32.1. The maximum Gasteiger partial charge on any atom is 0.227 e. The zero-order valence-corrected chi connectivity index (χ0v) is 14.2. The van der Waals surface area contributed by atoms with Gasteiger partial charge in [0.05, 0.1) is 36.0 Å². The molecule has 1 fully saturated rings. The Bertz CT molecular complexity index is 718. The number of amides is 2. The van der Waals surface area contributed by atoms with Crippen LogP contribution in [0.25, 0.3) is 0 Å². The van der Waals surface area contributed by atoms with Gasteiger partial charge < -0.3 is 15.0 Å². The van der Waals surface area contributed by atoms with E-state index in [1.165, 1.54) is 11.3 Å². The molecule has 1 atom stereocenters. The standard InChI is InChI=1S/C17H19N3O3S/c1-2-23-15-6-4-3-5-14(15)20-9-12(7-16(20)21)17(22)18-8-13-10-24-11-19-13/h3-6,10-12H,2,7-9H2,1H3,(H,18,22). The van der Waals surface area contributed by atoms with Crippen molar-refractivity contribution in [3.8, 4) is 5.75 Å². The second-order valence-corrected chi connectivity index (χ2v) is 6.22. The van der Waals surface area contributed by atoms with E-state index in [-0.39, 0.29) is 24.2 Å². The molecular weight excluding hydrogens is 326 g/mol. The quantitative estimate of drug-likeness (QED) is 0.871. The Morgan fingerprint density at radius 2 is 2.29 bits per heavy atom. The summed E-state index contributed by atoms with van der Waals surface area (Å²) in [7, 11) is 0. The zero-order valence-electron chi connectivity index (χ0n) is 13.4. The van der Waals surface area contributed by atoms with E-state index < -0.39 is 0 Å². The number of benzene rings is 1. The summed E-state index contributed by atoms with van der Waals surface area (Å²) in [6.07, 6.45) is 0.212. The predicted molar refractivity (Wildman–Crippen MR) is 92.0 cm³/mol. The van der Waals surface area contributed by atoms with Crippen LogP contribution in [0.2, 0.25) is 0 Å². The summed E-state index contributed by atoms with van der Waals surface area (Å²) in [6.45, 7) is 3.18. The number of ether oxygens (including phenoxy) is 1. The highest BCUT2D eigenvalue weighted by Gasteiger charge is 2.36. The van der Waals surface area contributed by atoms with Crippen molar-refractivity contribution in [3.05, 3.63) is 40.8 Å². The molecule has 2 aromatic rings. The number of carbonyl (C=O) groups excluding carboxylic acids is 2. The fourth-order valence-corrected chi connectivity index (χ4v) is 3.28. The highest BCUT2D eigenvalue weighted by molar-refractivity contribution is 7.07. The number of rotatable bonds is 6. The van der Waals surface area contributed by atoms with Crippen molar-refractivity contribution in [1.29, 1.82) is 0 Å². The lowest BCUT2D eigenvalue weighted by Gasteiger charge is -2.20. The predicted octanol–water partition coefficient (Wildman–Crippen LogP) is 2.21. The van der Waals surface area contributed by atoms with Crippen LogP contribution in [0, 0.1) is 5.92 Å². The van der Waals surface area contributed by atoms with Crippen molar-refractivity contribution in [2.75, 3.05) is 18.1 Å². The van der Waals surface area contributed by atoms with E-state index >= 15 is 0 Å². The van der Waals surface area contributed by atoms with Gasteiger partial charge in [0.15, 0.2) is 0 Å². The second kappa shape index (κ2) is 7.44. The lowest BCUT2D eigenvalue weighted by Crippen LogP contribution is -2.32. The average Bonchev–Trinajstić information content (AvgIpc) is 3.23. The van der Waals surface area contributed by atoms with Crippen molar-refractivity contribution in [1.82, 2.24) is 10.3 Å². The van der Waals surface area contributed by atoms with Gasteiger partial charge in [0, 0.05) is 18.3 Å². The third kappa shape index (κ3) is 3.56. The van der Waals surface area contributed by atoms with Gasteiger partial charge in [0.25, 0.3) is 0 Å². The Hall–Kier alpha value is -2.41. The maximum absolute atomic E-state index is 12.4. The maximum atomic E-state index is 12.4. The molecule has 1 unspecified atom stereocenters. The monoisotopic (exact) mass is 345 g/mol. The molecule has 6 nitrogen and oxygen atoms in total. The van der Waals surface area contributed by atoms with Gasteiger partial charge in [-0.3, -0.25) is 9.59 Å². The van der Waals surface area contributed by atoms with Gasteiger partial charge >= 0.3 is 0 Å². The Balaban J connectivity index is 1.66. The molecule has 1 aliphatic heterocycles. The van der Waals surface area contributed by atoms with Gasteiger partial charge in [-0.25, -0.2) is 4.98 Å². The number of aromatic nitrogens is 1. The van der Waals surface area contributed by atoms with E-state index in [0.29, 0.717) is 25.4 Å². The molecule has 1 N–H and O–H groups in total. The lowest BCUT2D eigenvalue weighted by atomic mass is 10.1. The van der Waals surface area contributed by atoms with Crippen LogP contribution in [0.4, 0.5) is 5.69 Å². The molecule has 0 aliphatic carbocycles. The number of anilines is 1. The number of thiazole rings is 1. The van der Waals surface area contributed by atoms with E-state index in [9.17, 15) is 9.59 Å². The molecule has 0 saturated carbocycles. The van der Waals surface area contributed by atoms with Crippen LogP contribution in [0.15, 0.2) is 35.2 Å². The van der Waals surface area contributed by atoms with Crippen LogP contribution >= 0.6 is 11.3 Å². The van der Waals surface area contributed by atoms with E-state index in [2.05, 4.69) is 10.3 Å². The first kappa shape index (κ1) is 16.4. The molecule has 2 amide bonds. The third-order valence-electron chi connectivity index (χ3n) is 3.88. The molecular formula is C17H19N3O3S. The SMILES string of the molecule is CCOc1ccccc1N1CC(C(=O)NCc2cscn2)CC1=O. The van der Waals surface area contributed by atoms with Gasteiger partial charge in [-0.15, -0.1) is 11.3 Å². The van der Waals surface area contributed by atoms with Gasteiger partial charge in [0.1, 0.15) is 5.75 Å². The second-order valence-electron chi connectivity index (χ2n) is 5.50. The molecule has 24 heavy (non-hydrogen) atoms. The van der Waals surface area contributed by atoms with Gasteiger partial charge in [0.2, 0.25) is 11.8 Å².